The zero-order valence-corrected chi connectivity index (χ0v) is 21.5. The Bertz CT molecular complexity index is 1100. The molecular formula is C26H29Cl2N3O4. The number of carbonyl (C=O) groups excluding carboxylic acids is 4. The molecule has 0 bridgehead atoms. The predicted octanol–water partition coefficient (Wildman–Crippen LogP) is 4.70. The molecule has 0 radical (unpaired) electrons. The van der Waals surface area contributed by atoms with Gasteiger partial charge in [-0.3, -0.25) is 24.1 Å². The molecule has 7 nitrogen and oxygen atoms in total. The molecule has 0 fully saturated rings. The summed E-state index contributed by atoms with van der Waals surface area (Å²) in [4.78, 5) is 53.9. The lowest BCUT2D eigenvalue weighted by molar-refractivity contribution is -0.141. The summed E-state index contributed by atoms with van der Waals surface area (Å²) in [6.07, 6.45) is 1.09. The van der Waals surface area contributed by atoms with Crippen LogP contribution in [0.3, 0.4) is 0 Å². The second-order valence-electron chi connectivity index (χ2n) is 8.66. The lowest BCUT2D eigenvalue weighted by Gasteiger charge is -2.30. The van der Waals surface area contributed by atoms with Crippen LogP contribution in [0.5, 0.6) is 0 Å². The lowest BCUT2D eigenvalue weighted by atomic mass is 10.1. The van der Waals surface area contributed by atoms with Crippen molar-refractivity contribution < 1.29 is 19.2 Å². The van der Waals surface area contributed by atoms with E-state index in [2.05, 4.69) is 5.32 Å². The van der Waals surface area contributed by atoms with Crippen LogP contribution in [0.25, 0.3) is 0 Å². The first-order valence-electron chi connectivity index (χ1n) is 11.6. The number of nitrogens with one attached hydrogen (secondary N) is 1. The van der Waals surface area contributed by atoms with Crippen LogP contribution < -0.4 is 5.32 Å². The van der Waals surface area contributed by atoms with Crippen molar-refractivity contribution in [3.63, 3.8) is 0 Å². The third-order valence-electron chi connectivity index (χ3n) is 6.17. The minimum absolute atomic E-state index is 0.0326. The maximum absolute atomic E-state index is 13.3. The normalized spacial score (nSPS) is 14.5. The van der Waals surface area contributed by atoms with Gasteiger partial charge in [-0.2, -0.15) is 0 Å². The fourth-order valence-electron chi connectivity index (χ4n) is 3.86. The highest BCUT2D eigenvalue weighted by Crippen LogP contribution is 2.25. The Hall–Kier alpha value is -2.90. The number of halogens is 2. The van der Waals surface area contributed by atoms with Crippen LogP contribution in [-0.2, 0) is 16.1 Å². The molecule has 1 aliphatic heterocycles. The quantitative estimate of drug-likeness (QED) is 0.462. The number of nitrogens with zero attached hydrogens (tertiary/aromatic N) is 2. The Morgan fingerprint density at radius 2 is 1.66 bits per heavy atom. The number of amides is 4. The third-order valence-corrected chi connectivity index (χ3v) is 6.76. The molecule has 2 aromatic carbocycles. The predicted molar refractivity (Wildman–Crippen MR) is 135 cm³/mol. The molecule has 3 rings (SSSR count). The molecule has 0 unspecified atom stereocenters. The molecule has 1 N–H and O–H groups in total. The Morgan fingerprint density at radius 1 is 1.03 bits per heavy atom. The average Bonchev–Trinajstić information content (AvgIpc) is 3.08. The van der Waals surface area contributed by atoms with Gasteiger partial charge in [-0.1, -0.05) is 48.3 Å². The number of benzene rings is 2. The number of imide groups is 1. The summed E-state index contributed by atoms with van der Waals surface area (Å²) in [5, 5.41) is 3.78. The minimum Gasteiger partial charge on any atom is -0.352 e. The Labute approximate surface area is 215 Å². The highest BCUT2D eigenvalue weighted by Gasteiger charge is 2.35. The van der Waals surface area contributed by atoms with E-state index < -0.39 is 6.04 Å². The average molecular weight is 518 g/mol. The summed E-state index contributed by atoms with van der Waals surface area (Å²) in [7, 11) is 0. The highest BCUT2D eigenvalue weighted by atomic mass is 35.5. The summed E-state index contributed by atoms with van der Waals surface area (Å²) >= 11 is 12.3. The first-order valence-corrected chi connectivity index (χ1v) is 12.4. The van der Waals surface area contributed by atoms with Gasteiger partial charge in [0.15, 0.2) is 0 Å². The van der Waals surface area contributed by atoms with Crippen molar-refractivity contribution in [1.29, 1.82) is 0 Å². The van der Waals surface area contributed by atoms with E-state index in [0.29, 0.717) is 26.7 Å². The molecule has 0 aliphatic carbocycles. The first kappa shape index (κ1) is 26.7. The van der Waals surface area contributed by atoms with E-state index in [1.165, 1.54) is 4.90 Å². The smallest absolute Gasteiger partial charge is 0.261 e. The van der Waals surface area contributed by atoms with E-state index in [4.69, 9.17) is 23.2 Å². The van der Waals surface area contributed by atoms with E-state index in [-0.39, 0.29) is 55.6 Å². The molecular weight excluding hydrogens is 489 g/mol. The van der Waals surface area contributed by atoms with Crippen molar-refractivity contribution in [2.45, 2.75) is 58.7 Å². The van der Waals surface area contributed by atoms with E-state index in [1.807, 2.05) is 13.8 Å². The van der Waals surface area contributed by atoms with Crippen molar-refractivity contribution in [2.75, 3.05) is 6.54 Å². The van der Waals surface area contributed by atoms with Crippen molar-refractivity contribution in [1.82, 2.24) is 15.1 Å². The molecule has 186 valence electrons. The zero-order valence-electron chi connectivity index (χ0n) is 20.0. The van der Waals surface area contributed by atoms with Crippen LogP contribution in [0.4, 0.5) is 0 Å². The first-order chi connectivity index (χ1) is 16.6. The Balaban J connectivity index is 1.70. The van der Waals surface area contributed by atoms with Crippen LogP contribution in [0.1, 0.15) is 66.3 Å². The molecule has 35 heavy (non-hydrogen) atoms. The van der Waals surface area contributed by atoms with Gasteiger partial charge in [0, 0.05) is 35.6 Å². The SMILES string of the molecule is CC[C@H](C)NC(=O)[C@H](C)N(Cc1ccc(Cl)cc1Cl)C(=O)CCCN1C(=O)c2ccccc2C1=O. The number of fused-ring (bicyclic) bond motifs is 1. The summed E-state index contributed by atoms with van der Waals surface area (Å²) in [5.74, 6) is -1.26. The number of hydrogen-bond donors (Lipinski definition) is 1. The van der Waals surface area contributed by atoms with Crippen LogP contribution in [0.15, 0.2) is 42.5 Å². The van der Waals surface area contributed by atoms with E-state index in [0.717, 1.165) is 11.3 Å². The van der Waals surface area contributed by atoms with Crippen molar-refractivity contribution in [2.24, 2.45) is 0 Å². The van der Waals surface area contributed by atoms with E-state index >= 15 is 0 Å². The molecule has 0 aromatic heterocycles. The molecule has 2 aromatic rings. The van der Waals surface area contributed by atoms with Gasteiger partial charge in [0.2, 0.25) is 11.8 Å². The second-order valence-corrected chi connectivity index (χ2v) is 9.51. The molecule has 0 saturated carbocycles. The van der Waals surface area contributed by atoms with Gasteiger partial charge in [-0.25, -0.2) is 0 Å². The standard InChI is InChI=1S/C26H29Cl2N3O4/c1-4-16(2)29-24(33)17(3)31(15-18-11-12-19(27)14-22(18)28)23(32)10-7-13-30-25(34)20-8-5-6-9-21(20)26(30)35/h5-6,8-9,11-12,14,16-17H,4,7,10,13,15H2,1-3H3,(H,29,33)/t16-,17-/m0/s1. The minimum atomic E-state index is -0.748. The maximum Gasteiger partial charge on any atom is 0.261 e. The highest BCUT2D eigenvalue weighted by molar-refractivity contribution is 6.35. The maximum atomic E-state index is 13.3. The van der Waals surface area contributed by atoms with Gasteiger partial charge in [-0.15, -0.1) is 0 Å². The molecule has 9 heteroatoms. The molecule has 4 amide bonds. The molecule has 1 heterocycles. The summed E-state index contributed by atoms with van der Waals surface area (Å²) in [6, 6.07) is 10.9. The van der Waals surface area contributed by atoms with Crippen molar-refractivity contribution in [3.05, 3.63) is 69.2 Å². The molecule has 0 spiro atoms. The fraction of sp³-hybridized carbons (Fsp3) is 0.385. The van der Waals surface area contributed by atoms with Gasteiger partial charge in [0.25, 0.3) is 11.8 Å². The second kappa shape index (κ2) is 11.7. The zero-order chi connectivity index (χ0) is 25.7. The van der Waals surface area contributed by atoms with E-state index in [1.54, 1.807) is 49.4 Å². The van der Waals surface area contributed by atoms with Crippen LogP contribution >= 0.6 is 23.2 Å². The Kier molecular flexibility index (Phi) is 8.92. The monoisotopic (exact) mass is 517 g/mol. The van der Waals surface area contributed by atoms with Crippen LogP contribution in [0, 0.1) is 0 Å². The number of rotatable bonds is 10. The van der Waals surface area contributed by atoms with Gasteiger partial charge in [0.05, 0.1) is 11.1 Å². The van der Waals surface area contributed by atoms with Gasteiger partial charge < -0.3 is 10.2 Å². The van der Waals surface area contributed by atoms with Gasteiger partial charge in [-0.05, 0) is 56.5 Å². The van der Waals surface area contributed by atoms with Crippen molar-refractivity contribution in [3.8, 4) is 0 Å². The fourth-order valence-corrected chi connectivity index (χ4v) is 4.32. The summed E-state index contributed by atoms with van der Waals surface area (Å²) < 4.78 is 0. The largest absolute Gasteiger partial charge is 0.352 e. The number of hydrogen-bond acceptors (Lipinski definition) is 4. The van der Waals surface area contributed by atoms with Gasteiger partial charge in [0.1, 0.15) is 6.04 Å². The molecule has 1 aliphatic rings. The van der Waals surface area contributed by atoms with Crippen molar-refractivity contribution >= 4 is 46.8 Å². The van der Waals surface area contributed by atoms with Crippen LogP contribution in [-0.4, -0.2) is 52.1 Å². The summed E-state index contributed by atoms with van der Waals surface area (Å²) in [6.45, 7) is 5.77. The topological polar surface area (TPSA) is 86.8 Å². The van der Waals surface area contributed by atoms with Crippen LogP contribution in [0.2, 0.25) is 10.0 Å². The summed E-state index contributed by atoms with van der Waals surface area (Å²) in [5.41, 5.74) is 1.41. The van der Waals surface area contributed by atoms with Gasteiger partial charge >= 0.3 is 0 Å². The van der Waals surface area contributed by atoms with E-state index in [9.17, 15) is 19.2 Å². The third kappa shape index (κ3) is 6.21. The Morgan fingerprint density at radius 3 is 2.23 bits per heavy atom. The lowest BCUT2D eigenvalue weighted by Crippen LogP contribution is -2.49. The number of carbonyl (C=O) groups is 4. The molecule has 0 saturated heterocycles. The molecule has 2 atom stereocenters.